The lowest BCUT2D eigenvalue weighted by Crippen LogP contribution is -2.53. The van der Waals surface area contributed by atoms with Gasteiger partial charge in [-0.25, -0.2) is 9.67 Å². The molecule has 4 fully saturated rings. The first-order valence-electron chi connectivity index (χ1n) is 24.6. The number of likely N-dealkylation sites (tertiary alicyclic amines) is 2. The van der Waals surface area contributed by atoms with E-state index in [2.05, 4.69) is 59.3 Å². The molecule has 3 aliphatic heterocycles. The zero-order valence-electron chi connectivity index (χ0n) is 39.5. The molecule has 2 saturated heterocycles. The molecule has 3 aromatic carbocycles. The van der Waals surface area contributed by atoms with Crippen molar-refractivity contribution >= 4 is 55.9 Å². The molecular formula is C53H58BrN9O5S. The highest BCUT2D eigenvalue weighted by Crippen LogP contribution is 2.52. The zero-order valence-corrected chi connectivity index (χ0v) is 41.9. The van der Waals surface area contributed by atoms with Gasteiger partial charge in [0.2, 0.25) is 17.7 Å². The van der Waals surface area contributed by atoms with Gasteiger partial charge in [0.25, 0.3) is 5.56 Å². The lowest BCUT2D eigenvalue weighted by Gasteiger charge is -2.36. The molecule has 2 saturated carbocycles. The van der Waals surface area contributed by atoms with Gasteiger partial charge in [-0.3, -0.25) is 23.7 Å². The largest absolute Gasteiger partial charge is 0.391 e. The monoisotopic (exact) mass is 1010 g/mol. The van der Waals surface area contributed by atoms with E-state index in [0.29, 0.717) is 30.0 Å². The number of aliphatic hydroxyl groups excluding tert-OH is 1. The van der Waals surface area contributed by atoms with Crippen molar-refractivity contribution in [3.63, 3.8) is 0 Å². The van der Waals surface area contributed by atoms with E-state index in [1.165, 1.54) is 22.4 Å². The summed E-state index contributed by atoms with van der Waals surface area (Å²) < 4.78 is 4.59. The SMILES string of the molecule is Cc1ncsc1-c1ccc([C@@H](NC(=O)[C@@H]2C[C@@H](O)CN2C(=O)[C@@H](n2cc(C3CC3)nn2)C(C)(C)C)C(=O)N2CCC(c3ccc4c(c3)-n3c(nc(=O)c5c(Br)cccc53)C43CCCCC3)CC2)cc1. The number of fused-ring (bicyclic) bond motifs is 7. The Bertz CT molecular complexity index is 3050. The third-order valence-electron chi connectivity index (χ3n) is 15.5. The van der Waals surface area contributed by atoms with Crippen LogP contribution in [0, 0.1) is 12.3 Å². The first-order chi connectivity index (χ1) is 33.2. The molecule has 2 N–H and O–H groups in total. The number of rotatable bonds is 9. The van der Waals surface area contributed by atoms with Gasteiger partial charge >= 0.3 is 0 Å². The van der Waals surface area contributed by atoms with Crippen molar-refractivity contribution < 1.29 is 19.5 Å². The standard InChI is InChI=1S/C53H58BrN9O5S/c1-30-45(69-29-55-30)34-15-13-33(14-16-34)44(56-47(65)42-26-36(64)27-61(42)50(68)46(52(2,3)4)62-28-39(58-59-62)32-11-12-32)49(67)60-23-19-31(20-24-60)35-17-18-37-41(25-35)63-40-10-8-9-38(54)43(40)48(66)57-51(63)53(37)21-6-5-7-22-53/h8-10,13-18,25,28-29,31-32,36,42,44,46,64H,5-7,11-12,19-24,26-27H2,1-4H3,(H,56,65)/t36-,42+,44-,46-/m1/s1. The number of carbonyl (C=O) groups excluding carboxylic acids is 3. The Morgan fingerprint density at radius 3 is 2.39 bits per heavy atom. The first kappa shape index (κ1) is 45.8. The Morgan fingerprint density at radius 2 is 1.70 bits per heavy atom. The van der Waals surface area contributed by atoms with E-state index in [-0.39, 0.29) is 41.7 Å². The maximum Gasteiger partial charge on any atom is 0.281 e. The Labute approximate surface area is 413 Å². The summed E-state index contributed by atoms with van der Waals surface area (Å²) in [5.74, 6) is 0.327. The molecule has 358 valence electrons. The molecule has 11 rings (SSSR count). The highest BCUT2D eigenvalue weighted by Gasteiger charge is 2.48. The second-order valence-electron chi connectivity index (χ2n) is 21.1. The number of aromatic nitrogens is 6. The summed E-state index contributed by atoms with van der Waals surface area (Å²) >= 11 is 5.19. The van der Waals surface area contributed by atoms with Crippen LogP contribution in [-0.4, -0.2) is 93.9 Å². The summed E-state index contributed by atoms with van der Waals surface area (Å²) in [6.07, 6.45) is 9.74. The normalized spacial score (nSPS) is 21.1. The molecule has 0 bridgehead atoms. The van der Waals surface area contributed by atoms with Crippen molar-refractivity contribution in [3.8, 4) is 16.1 Å². The van der Waals surface area contributed by atoms with Gasteiger partial charge in [0.15, 0.2) is 0 Å². The molecule has 0 unspecified atom stereocenters. The number of halogens is 1. The van der Waals surface area contributed by atoms with Crippen LogP contribution in [0.3, 0.4) is 0 Å². The summed E-state index contributed by atoms with van der Waals surface area (Å²) in [7, 11) is 0. The quantitative estimate of drug-likeness (QED) is 0.145. The minimum atomic E-state index is -1.04. The van der Waals surface area contributed by atoms with E-state index < -0.39 is 35.6 Å². The summed E-state index contributed by atoms with van der Waals surface area (Å²) in [6.45, 7) is 8.80. The van der Waals surface area contributed by atoms with E-state index in [1.54, 1.807) is 16.0 Å². The van der Waals surface area contributed by atoms with Crippen LogP contribution in [0.5, 0.6) is 0 Å². The number of aryl methyl sites for hydroxylation is 1. The molecular weight excluding hydrogens is 955 g/mol. The molecule has 6 heterocycles. The van der Waals surface area contributed by atoms with Crippen LogP contribution in [0.2, 0.25) is 0 Å². The molecule has 3 aromatic heterocycles. The Balaban J connectivity index is 0.864. The van der Waals surface area contributed by atoms with Gasteiger partial charge in [-0.1, -0.05) is 87.7 Å². The van der Waals surface area contributed by atoms with Crippen molar-refractivity contribution in [2.45, 2.75) is 133 Å². The van der Waals surface area contributed by atoms with Gasteiger partial charge in [0.1, 0.15) is 23.9 Å². The number of nitrogens with zero attached hydrogens (tertiary/aromatic N) is 8. The van der Waals surface area contributed by atoms with Crippen LogP contribution in [0.1, 0.15) is 143 Å². The topological polar surface area (TPSA) is 168 Å². The summed E-state index contributed by atoms with van der Waals surface area (Å²) in [5, 5.41) is 23.5. The molecule has 4 atom stereocenters. The van der Waals surface area contributed by atoms with Crippen LogP contribution in [-0.2, 0) is 19.8 Å². The van der Waals surface area contributed by atoms with Crippen molar-refractivity contribution in [1.82, 2.24) is 44.6 Å². The number of aliphatic hydroxyl groups is 1. The van der Waals surface area contributed by atoms with Gasteiger partial charge in [-0.05, 0) is 113 Å². The lowest BCUT2D eigenvalue weighted by atomic mass is 9.69. The van der Waals surface area contributed by atoms with E-state index in [0.717, 1.165) is 94.7 Å². The molecule has 1 spiro atoms. The number of amides is 3. The van der Waals surface area contributed by atoms with Gasteiger partial charge in [0, 0.05) is 42.6 Å². The number of β-amino-alcohol motifs (C(OH)–C–C–N with tert-alkyl or cyclic N) is 1. The average molecular weight is 1010 g/mol. The highest BCUT2D eigenvalue weighted by molar-refractivity contribution is 9.10. The number of hydrogen-bond acceptors (Lipinski definition) is 10. The van der Waals surface area contributed by atoms with Crippen LogP contribution in [0.4, 0.5) is 0 Å². The van der Waals surface area contributed by atoms with Crippen molar-refractivity contribution in [2.75, 3.05) is 19.6 Å². The van der Waals surface area contributed by atoms with E-state index >= 15 is 0 Å². The summed E-state index contributed by atoms with van der Waals surface area (Å²) in [4.78, 5) is 71.5. The fourth-order valence-electron chi connectivity index (χ4n) is 11.8. The predicted octanol–water partition coefficient (Wildman–Crippen LogP) is 8.43. The predicted molar refractivity (Wildman–Crippen MR) is 267 cm³/mol. The minimum Gasteiger partial charge on any atom is -0.391 e. The van der Waals surface area contributed by atoms with Crippen LogP contribution >= 0.6 is 27.3 Å². The molecule has 0 radical (unpaired) electrons. The lowest BCUT2D eigenvalue weighted by molar-refractivity contribution is -0.145. The molecule has 3 amide bonds. The maximum atomic E-state index is 15.0. The van der Waals surface area contributed by atoms with Crippen LogP contribution < -0.4 is 10.9 Å². The van der Waals surface area contributed by atoms with E-state index in [9.17, 15) is 24.3 Å². The highest BCUT2D eigenvalue weighted by atomic mass is 79.9. The van der Waals surface area contributed by atoms with Gasteiger partial charge in [-0.2, -0.15) is 4.98 Å². The number of benzene rings is 3. The number of thiazole rings is 1. The molecule has 14 nitrogen and oxygen atoms in total. The van der Waals surface area contributed by atoms with E-state index in [4.69, 9.17) is 4.98 Å². The van der Waals surface area contributed by atoms with Crippen molar-refractivity contribution in [2.24, 2.45) is 5.41 Å². The van der Waals surface area contributed by atoms with E-state index in [1.807, 2.05) is 86.8 Å². The molecule has 2 aliphatic carbocycles. The van der Waals surface area contributed by atoms with Crippen molar-refractivity contribution in [1.29, 1.82) is 0 Å². The third-order valence-corrected chi connectivity index (χ3v) is 17.2. The summed E-state index contributed by atoms with van der Waals surface area (Å²) in [5.41, 5.74) is 8.44. The fourth-order valence-corrected chi connectivity index (χ4v) is 13.2. The summed E-state index contributed by atoms with van der Waals surface area (Å²) in [6, 6.07) is 17.6. The van der Waals surface area contributed by atoms with Gasteiger partial charge in [0.05, 0.1) is 49.9 Å². The zero-order chi connectivity index (χ0) is 47.9. The Hall–Kier alpha value is -5.58. The number of piperidine rings is 1. The van der Waals surface area contributed by atoms with Crippen LogP contribution in [0.25, 0.3) is 27.0 Å². The second kappa shape index (κ2) is 17.7. The van der Waals surface area contributed by atoms with Gasteiger partial charge in [-0.15, -0.1) is 16.4 Å². The van der Waals surface area contributed by atoms with Gasteiger partial charge < -0.3 is 20.2 Å². The average Bonchev–Trinajstić information content (AvgIpc) is 3.58. The number of carbonyl (C=O) groups is 3. The Kier molecular flexibility index (Phi) is 11.7. The molecule has 69 heavy (non-hydrogen) atoms. The minimum absolute atomic E-state index is 0.0135. The Morgan fingerprint density at radius 1 is 0.942 bits per heavy atom. The van der Waals surface area contributed by atoms with Crippen LogP contribution in [0.15, 0.2) is 81.6 Å². The fraction of sp³-hybridized carbons (Fsp3) is 0.472. The van der Waals surface area contributed by atoms with Crippen molar-refractivity contribution in [3.05, 3.63) is 121 Å². The molecule has 5 aliphatic rings. The number of nitrogens with one attached hydrogen (secondary N) is 1. The molecule has 6 aromatic rings. The molecule has 16 heteroatoms. The first-order valence-corrected chi connectivity index (χ1v) is 26.2. The second-order valence-corrected chi connectivity index (χ2v) is 22.8. The number of hydrogen-bond donors (Lipinski definition) is 2. The maximum absolute atomic E-state index is 15.0. The third kappa shape index (κ3) is 8.13. The smallest absolute Gasteiger partial charge is 0.281 e.